The first-order chi connectivity index (χ1) is 16.5. The molecule has 1 aromatic heterocycles. The lowest BCUT2D eigenvalue weighted by molar-refractivity contribution is -0.390. The number of hydrogen-bond acceptors (Lipinski definition) is 8. The number of nitrogens with two attached hydrogens (primary N) is 1. The van der Waals surface area contributed by atoms with Crippen LogP contribution in [-0.2, 0) is 16.1 Å². The van der Waals surface area contributed by atoms with E-state index < -0.39 is 10.8 Å². The Hall–Kier alpha value is -3.65. The fourth-order valence-corrected chi connectivity index (χ4v) is 5.09. The molecule has 1 aliphatic carbocycles. The number of carbonyl (C=O) groups excluding carboxylic acids is 1. The predicted octanol–water partition coefficient (Wildman–Crippen LogP) is 4.37. The highest BCUT2D eigenvalue weighted by Gasteiger charge is 2.43. The first kappa shape index (κ1) is 24.5. The lowest BCUT2D eigenvalue weighted by Gasteiger charge is -2.37. The number of nitriles is 1. The molecule has 0 unspecified atom stereocenters. The third kappa shape index (κ3) is 4.30. The smallest absolute Gasteiger partial charge is 0.404 e. The van der Waals surface area contributed by atoms with Gasteiger partial charge in [-0.05, 0) is 50.9 Å². The van der Waals surface area contributed by atoms with Crippen molar-refractivity contribution >= 4 is 27.5 Å². The quantitative estimate of drug-likeness (QED) is 0.433. The predicted molar refractivity (Wildman–Crippen MR) is 129 cm³/mol. The topological polar surface area (TPSA) is 146 Å². The van der Waals surface area contributed by atoms with Gasteiger partial charge < -0.3 is 25.3 Å². The summed E-state index contributed by atoms with van der Waals surface area (Å²) >= 11 is 3.24. The second kappa shape index (κ2) is 8.85. The standard InChI is InChI=1S/C24H24BrN5O5/c1-12-21(25)23(30(32)33)28-29(12)11-14-7-13(5-6-17(14)34-4)19-15(10-26)22(27)35-18-9-24(2,3)8-16(31)20(18)19/h5-7,19H,8-9,11,27H2,1-4H3/t19-/m1/s1. The van der Waals surface area contributed by atoms with Crippen LogP contribution in [-0.4, -0.2) is 27.6 Å². The monoisotopic (exact) mass is 541 g/mol. The SMILES string of the molecule is COc1ccc([C@@H]2C(C#N)=C(N)OC3=C2C(=O)CC(C)(C)C3)cc1Cn1nc([N+](=O)[O-])c(Br)c1C. The molecule has 1 atom stereocenters. The van der Waals surface area contributed by atoms with Gasteiger partial charge in [-0.2, -0.15) is 9.94 Å². The Labute approximate surface area is 210 Å². The maximum Gasteiger partial charge on any atom is 0.404 e. The minimum Gasteiger partial charge on any atom is -0.496 e. The highest BCUT2D eigenvalue weighted by molar-refractivity contribution is 9.10. The van der Waals surface area contributed by atoms with Crippen molar-refractivity contribution in [1.29, 1.82) is 5.26 Å². The van der Waals surface area contributed by atoms with Gasteiger partial charge in [-0.1, -0.05) is 19.9 Å². The van der Waals surface area contributed by atoms with Crippen LogP contribution in [0.4, 0.5) is 5.82 Å². The first-order valence-corrected chi connectivity index (χ1v) is 11.6. The number of aromatic nitrogens is 2. The summed E-state index contributed by atoms with van der Waals surface area (Å²) in [6, 6.07) is 7.47. The van der Waals surface area contributed by atoms with E-state index in [1.807, 2.05) is 19.9 Å². The fraction of sp³-hybridized carbons (Fsp3) is 0.375. The van der Waals surface area contributed by atoms with E-state index in [4.69, 9.17) is 15.2 Å². The van der Waals surface area contributed by atoms with Crippen molar-refractivity contribution in [2.75, 3.05) is 7.11 Å². The number of nitrogens with zero attached hydrogens (tertiary/aromatic N) is 4. The molecule has 182 valence electrons. The summed E-state index contributed by atoms with van der Waals surface area (Å²) in [6.45, 7) is 5.87. The zero-order valence-electron chi connectivity index (χ0n) is 19.7. The molecule has 11 heteroatoms. The van der Waals surface area contributed by atoms with Crippen LogP contribution in [0.3, 0.4) is 0 Å². The molecule has 0 saturated heterocycles. The number of hydrogen-bond donors (Lipinski definition) is 1. The summed E-state index contributed by atoms with van der Waals surface area (Å²) in [4.78, 5) is 24.0. The Kier molecular flexibility index (Phi) is 6.19. The second-order valence-electron chi connectivity index (χ2n) is 9.41. The van der Waals surface area contributed by atoms with E-state index in [9.17, 15) is 20.2 Å². The minimum atomic E-state index is -0.684. The van der Waals surface area contributed by atoms with Gasteiger partial charge in [0.15, 0.2) is 5.78 Å². The van der Waals surface area contributed by atoms with Crippen LogP contribution < -0.4 is 10.5 Å². The molecule has 0 radical (unpaired) electrons. The summed E-state index contributed by atoms with van der Waals surface area (Å²) in [5.41, 5.74) is 8.37. The van der Waals surface area contributed by atoms with Gasteiger partial charge in [-0.15, -0.1) is 0 Å². The molecule has 0 amide bonds. The maximum atomic E-state index is 13.2. The number of ketones is 1. The van der Waals surface area contributed by atoms with Crippen LogP contribution in [0, 0.1) is 33.8 Å². The van der Waals surface area contributed by atoms with Gasteiger partial charge in [0.1, 0.15) is 27.6 Å². The fourth-order valence-electron chi connectivity index (χ4n) is 4.66. The number of allylic oxidation sites excluding steroid dienone is 3. The number of ether oxygens (including phenoxy) is 2. The van der Waals surface area contributed by atoms with E-state index in [1.54, 1.807) is 19.1 Å². The van der Waals surface area contributed by atoms with Crippen molar-refractivity contribution < 1.29 is 19.2 Å². The van der Waals surface area contributed by atoms with Crippen LogP contribution in [0.2, 0.25) is 0 Å². The lowest BCUT2D eigenvalue weighted by atomic mass is 9.70. The maximum absolute atomic E-state index is 13.2. The van der Waals surface area contributed by atoms with Gasteiger partial charge in [0.2, 0.25) is 5.88 Å². The Balaban J connectivity index is 1.83. The van der Waals surface area contributed by atoms with E-state index in [-0.39, 0.29) is 35.0 Å². The zero-order chi connectivity index (χ0) is 25.7. The molecule has 0 bridgehead atoms. The summed E-state index contributed by atoms with van der Waals surface area (Å²) in [5.74, 6) is -0.0303. The van der Waals surface area contributed by atoms with Crippen molar-refractivity contribution in [3.63, 3.8) is 0 Å². The van der Waals surface area contributed by atoms with Crippen molar-refractivity contribution in [2.24, 2.45) is 11.1 Å². The summed E-state index contributed by atoms with van der Waals surface area (Å²) in [7, 11) is 1.52. The third-order valence-electron chi connectivity index (χ3n) is 6.32. The molecule has 2 N–H and O–H groups in total. The van der Waals surface area contributed by atoms with Gasteiger partial charge in [-0.3, -0.25) is 4.79 Å². The molecular weight excluding hydrogens is 518 g/mol. The van der Waals surface area contributed by atoms with E-state index in [0.29, 0.717) is 51.2 Å². The Bertz CT molecular complexity index is 1370. The Morgan fingerprint density at radius 1 is 1.43 bits per heavy atom. The first-order valence-electron chi connectivity index (χ1n) is 10.9. The van der Waals surface area contributed by atoms with E-state index in [2.05, 4.69) is 27.1 Å². The van der Waals surface area contributed by atoms with E-state index in [1.165, 1.54) is 11.8 Å². The number of benzene rings is 1. The molecule has 4 rings (SSSR count). The largest absolute Gasteiger partial charge is 0.496 e. The molecule has 2 aromatic rings. The Morgan fingerprint density at radius 3 is 2.74 bits per heavy atom. The summed E-state index contributed by atoms with van der Waals surface area (Å²) in [5, 5.41) is 25.3. The highest BCUT2D eigenvalue weighted by Crippen LogP contribution is 2.48. The molecule has 35 heavy (non-hydrogen) atoms. The van der Waals surface area contributed by atoms with Crippen LogP contribution in [0.1, 0.15) is 49.4 Å². The van der Waals surface area contributed by atoms with Gasteiger partial charge >= 0.3 is 5.82 Å². The molecule has 2 aliphatic rings. The molecular formula is C24H24BrN5O5. The van der Waals surface area contributed by atoms with Gasteiger partial charge in [0.25, 0.3) is 0 Å². The highest BCUT2D eigenvalue weighted by atomic mass is 79.9. The molecule has 2 heterocycles. The molecule has 1 aliphatic heterocycles. The van der Waals surface area contributed by atoms with E-state index in [0.717, 1.165) is 0 Å². The minimum absolute atomic E-state index is 0.0124. The van der Waals surface area contributed by atoms with Gasteiger partial charge in [0.05, 0.1) is 30.4 Å². The zero-order valence-corrected chi connectivity index (χ0v) is 21.3. The molecule has 1 aromatic carbocycles. The number of carbonyl (C=O) groups is 1. The average molecular weight is 542 g/mol. The van der Waals surface area contributed by atoms with Crippen LogP contribution in [0.15, 0.2) is 45.5 Å². The summed E-state index contributed by atoms with van der Waals surface area (Å²) < 4.78 is 13.1. The van der Waals surface area contributed by atoms with Gasteiger partial charge in [0, 0.05) is 24.0 Å². The molecule has 0 spiro atoms. The lowest BCUT2D eigenvalue weighted by Crippen LogP contribution is -2.33. The molecule has 0 saturated carbocycles. The molecule has 0 fully saturated rings. The van der Waals surface area contributed by atoms with Crippen molar-refractivity contribution in [1.82, 2.24) is 9.78 Å². The van der Waals surface area contributed by atoms with Crippen LogP contribution >= 0.6 is 15.9 Å². The average Bonchev–Trinajstić information content (AvgIpc) is 3.06. The van der Waals surface area contributed by atoms with Gasteiger partial charge in [-0.25, -0.2) is 0 Å². The Morgan fingerprint density at radius 2 is 2.14 bits per heavy atom. The number of methoxy groups -OCH3 is 1. The third-order valence-corrected chi connectivity index (χ3v) is 7.25. The summed E-state index contributed by atoms with van der Waals surface area (Å²) in [6.07, 6.45) is 0.856. The van der Waals surface area contributed by atoms with Crippen LogP contribution in [0.5, 0.6) is 5.75 Å². The molecule has 10 nitrogen and oxygen atoms in total. The number of Topliss-reactive ketones (excluding diaryl/α,β-unsaturated/α-hetero) is 1. The normalized spacial score (nSPS) is 19.2. The number of rotatable bonds is 5. The van der Waals surface area contributed by atoms with Crippen LogP contribution in [0.25, 0.3) is 0 Å². The number of nitro groups is 1. The van der Waals surface area contributed by atoms with E-state index >= 15 is 0 Å². The number of halogens is 1. The van der Waals surface area contributed by atoms with Crippen molar-refractivity contribution in [3.8, 4) is 11.8 Å². The second-order valence-corrected chi connectivity index (χ2v) is 10.2. The van der Waals surface area contributed by atoms with Crippen molar-refractivity contribution in [2.45, 2.75) is 46.1 Å². The van der Waals surface area contributed by atoms with Crippen molar-refractivity contribution in [3.05, 3.63) is 72.4 Å².